The molecule has 2 aliphatic heterocycles. The number of halogens is 1. The molecule has 2 aliphatic rings. The number of aryl methyl sites for hydroxylation is 2. The van der Waals surface area contributed by atoms with Crippen molar-refractivity contribution >= 4 is 33.8 Å². The second kappa shape index (κ2) is 8.86. The molecular weight excluding hydrogens is 423 g/mol. The monoisotopic (exact) mass is 460 g/mol. The Morgan fingerprint density at radius 3 is 2.66 bits per heavy atom. The predicted octanol–water partition coefficient (Wildman–Crippen LogP) is 4.49. The molecule has 4 rings (SSSR count). The number of rotatable bonds is 6. The van der Waals surface area contributed by atoms with Gasteiger partial charge in [-0.25, -0.2) is 8.91 Å². The summed E-state index contributed by atoms with van der Waals surface area (Å²) in [5.41, 5.74) is 5.78. The first kappa shape index (κ1) is 23.4. The first-order valence-electron chi connectivity index (χ1n) is 11.8. The molecule has 2 saturated heterocycles. The van der Waals surface area contributed by atoms with Gasteiger partial charge < -0.3 is 15.1 Å². The number of nitrogens with one attached hydrogen (secondary N) is 2. The third-order valence-electron chi connectivity index (χ3n) is 7.43. The lowest BCUT2D eigenvalue weighted by atomic mass is 9.79. The van der Waals surface area contributed by atoms with Crippen molar-refractivity contribution in [2.75, 3.05) is 43.0 Å². The van der Waals surface area contributed by atoms with Crippen LogP contribution < -0.4 is 15.1 Å². The molecule has 2 aromatic rings. The summed E-state index contributed by atoms with van der Waals surface area (Å²) < 4.78 is 15.8. The third kappa shape index (κ3) is 4.12. The lowest BCUT2D eigenvalue weighted by molar-refractivity contribution is 0.243. The average Bonchev–Trinajstić information content (AvgIpc) is 3.36. The summed E-state index contributed by atoms with van der Waals surface area (Å²) in [6, 6.07) is 4.46. The number of aromatic nitrogens is 2. The first-order valence-corrected chi connectivity index (χ1v) is 12.6. The minimum Gasteiger partial charge on any atom is -0.370 e. The molecule has 2 fully saturated rings. The molecule has 6 nitrogen and oxygen atoms in total. The van der Waals surface area contributed by atoms with Crippen molar-refractivity contribution in [3.05, 3.63) is 23.5 Å². The topological polar surface area (TPSA) is 59.7 Å². The number of pyridine rings is 1. The molecule has 0 amide bonds. The lowest BCUT2D eigenvalue weighted by Crippen LogP contribution is -2.57. The zero-order valence-corrected chi connectivity index (χ0v) is 21.0. The van der Waals surface area contributed by atoms with Crippen LogP contribution in [0.15, 0.2) is 12.1 Å². The highest BCUT2D eigenvalue weighted by atomic mass is 32.2. The van der Waals surface area contributed by atoms with E-state index in [2.05, 4.69) is 36.2 Å². The normalized spacial score (nSPS) is 20.4. The van der Waals surface area contributed by atoms with Gasteiger partial charge in [-0.1, -0.05) is 32.5 Å². The lowest BCUT2D eigenvalue weighted by Gasteiger charge is -2.49. The maximum Gasteiger partial charge on any atom is 0.160 e. The number of hydrogen-bond donors (Lipinski definition) is 2. The molecule has 8 heteroatoms. The van der Waals surface area contributed by atoms with Crippen molar-refractivity contribution < 1.29 is 4.39 Å². The second-order valence-corrected chi connectivity index (χ2v) is 11.2. The molecule has 1 unspecified atom stereocenters. The predicted molar refractivity (Wildman–Crippen MR) is 134 cm³/mol. The minimum absolute atomic E-state index is 0.0199. The van der Waals surface area contributed by atoms with Gasteiger partial charge in [0.2, 0.25) is 0 Å². The summed E-state index contributed by atoms with van der Waals surface area (Å²) in [6.45, 7) is 14.2. The fourth-order valence-corrected chi connectivity index (χ4v) is 5.99. The Morgan fingerprint density at radius 2 is 2.06 bits per heavy atom. The number of amidine groups is 1. The Morgan fingerprint density at radius 1 is 1.34 bits per heavy atom. The van der Waals surface area contributed by atoms with Crippen molar-refractivity contribution in [2.45, 2.75) is 58.9 Å². The molecule has 2 aromatic heterocycles. The van der Waals surface area contributed by atoms with E-state index in [0.717, 1.165) is 55.2 Å². The summed E-state index contributed by atoms with van der Waals surface area (Å²) in [4.78, 5) is 4.40. The molecule has 2 N–H and O–H groups in total. The highest BCUT2D eigenvalue weighted by molar-refractivity contribution is 8.14. The van der Waals surface area contributed by atoms with Crippen molar-refractivity contribution in [1.29, 1.82) is 5.41 Å². The standard InChI is InChI=1S/C24H37FN6S/c1-7-20-22(29(6)23(26)32-18(5)16(3)17(4)25)21-11-19(10-15(2)31(21)28-20)30-13-24(14-30)8-9-27-12-24/h10-11,16-18,26-27H,7-9,12-14H2,1-6H3/t16-,17?,18+/m0/s1. The summed E-state index contributed by atoms with van der Waals surface area (Å²) in [7, 11) is 1.94. The van der Waals surface area contributed by atoms with Gasteiger partial charge in [0.05, 0.1) is 16.9 Å². The van der Waals surface area contributed by atoms with Crippen LogP contribution in [0, 0.1) is 23.7 Å². The Labute approximate surface area is 195 Å². The molecule has 32 heavy (non-hydrogen) atoms. The van der Waals surface area contributed by atoms with Crippen LogP contribution in [0.5, 0.6) is 0 Å². The van der Waals surface area contributed by atoms with Crippen LogP contribution in [0.3, 0.4) is 0 Å². The van der Waals surface area contributed by atoms with E-state index in [1.54, 1.807) is 6.92 Å². The van der Waals surface area contributed by atoms with E-state index in [-0.39, 0.29) is 11.2 Å². The van der Waals surface area contributed by atoms with Gasteiger partial charge in [-0.3, -0.25) is 5.41 Å². The van der Waals surface area contributed by atoms with Gasteiger partial charge in [-0.2, -0.15) is 5.10 Å². The Hall–Kier alpha value is -1.80. The van der Waals surface area contributed by atoms with Crippen molar-refractivity contribution in [1.82, 2.24) is 14.9 Å². The molecular formula is C24H37FN6S. The van der Waals surface area contributed by atoms with Crippen LogP contribution in [0.1, 0.15) is 45.5 Å². The molecule has 0 radical (unpaired) electrons. The van der Waals surface area contributed by atoms with E-state index in [1.165, 1.54) is 23.9 Å². The Kier molecular flexibility index (Phi) is 6.47. The van der Waals surface area contributed by atoms with E-state index in [1.807, 2.05) is 30.3 Å². The average molecular weight is 461 g/mol. The fraction of sp³-hybridized carbons (Fsp3) is 0.667. The Bertz CT molecular complexity index is 988. The molecule has 0 saturated carbocycles. The van der Waals surface area contributed by atoms with Gasteiger partial charge in [0.15, 0.2) is 5.17 Å². The Balaban J connectivity index is 1.63. The first-order chi connectivity index (χ1) is 15.2. The molecule has 4 heterocycles. The highest BCUT2D eigenvalue weighted by Crippen LogP contribution is 2.41. The van der Waals surface area contributed by atoms with Crippen molar-refractivity contribution in [3.63, 3.8) is 0 Å². The number of hydrogen-bond acceptors (Lipinski definition) is 5. The molecule has 0 bridgehead atoms. The summed E-state index contributed by atoms with van der Waals surface area (Å²) >= 11 is 1.43. The van der Waals surface area contributed by atoms with Gasteiger partial charge in [-0.15, -0.1) is 0 Å². The maximum absolute atomic E-state index is 13.8. The summed E-state index contributed by atoms with van der Waals surface area (Å²) in [6.07, 6.45) is 1.16. The van der Waals surface area contributed by atoms with Gasteiger partial charge >= 0.3 is 0 Å². The van der Waals surface area contributed by atoms with Crippen LogP contribution >= 0.6 is 11.8 Å². The van der Waals surface area contributed by atoms with Gasteiger partial charge in [0.1, 0.15) is 6.17 Å². The van der Waals surface area contributed by atoms with E-state index < -0.39 is 6.17 Å². The highest BCUT2D eigenvalue weighted by Gasteiger charge is 2.45. The van der Waals surface area contributed by atoms with Gasteiger partial charge in [0.25, 0.3) is 0 Å². The minimum atomic E-state index is -0.890. The van der Waals surface area contributed by atoms with E-state index in [0.29, 0.717) is 10.6 Å². The molecule has 3 atom stereocenters. The molecule has 176 valence electrons. The van der Waals surface area contributed by atoms with E-state index in [4.69, 9.17) is 10.5 Å². The quantitative estimate of drug-likeness (QED) is 0.491. The van der Waals surface area contributed by atoms with Crippen molar-refractivity contribution in [2.24, 2.45) is 11.3 Å². The van der Waals surface area contributed by atoms with Crippen LogP contribution in [0.2, 0.25) is 0 Å². The number of anilines is 2. The van der Waals surface area contributed by atoms with E-state index in [9.17, 15) is 4.39 Å². The van der Waals surface area contributed by atoms with E-state index >= 15 is 0 Å². The van der Waals surface area contributed by atoms with Gasteiger partial charge in [-0.05, 0) is 51.3 Å². The second-order valence-electron chi connectivity index (χ2n) is 9.81. The summed E-state index contributed by atoms with van der Waals surface area (Å²) in [5.74, 6) is -0.110. The fourth-order valence-electron chi connectivity index (χ4n) is 4.96. The number of thioether (sulfide) groups is 1. The van der Waals surface area contributed by atoms with Crippen LogP contribution in [0.25, 0.3) is 5.52 Å². The third-order valence-corrected chi connectivity index (χ3v) is 8.73. The number of alkyl halides is 1. The van der Waals surface area contributed by atoms with Crippen LogP contribution in [-0.2, 0) is 6.42 Å². The zero-order valence-electron chi connectivity index (χ0n) is 20.2. The smallest absolute Gasteiger partial charge is 0.160 e. The SMILES string of the molecule is CCc1nn2c(C)cc(N3CC4(CCNC4)C3)cc2c1N(C)C(=N)S[C@H](C)[C@@H](C)C(C)F. The number of nitrogens with zero attached hydrogens (tertiary/aromatic N) is 4. The van der Waals surface area contributed by atoms with Crippen molar-refractivity contribution in [3.8, 4) is 0 Å². The van der Waals surface area contributed by atoms with Crippen LogP contribution in [-0.4, -0.2) is 59.4 Å². The maximum atomic E-state index is 13.8. The molecule has 0 aromatic carbocycles. The molecule has 1 spiro atoms. The molecule has 0 aliphatic carbocycles. The van der Waals surface area contributed by atoms with Crippen LogP contribution in [0.4, 0.5) is 15.8 Å². The zero-order chi connectivity index (χ0) is 23.2. The largest absolute Gasteiger partial charge is 0.370 e. The number of fused-ring (bicyclic) bond motifs is 1. The summed E-state index contributed by atoms with van der Waals surface area (Å²) in [5, 5.41) is 17.6. The van der Waals surface area contributed by atoms with Gasteiger partial charge in [0, 0.05) is 48.7 Å².